The molecule has 5 heteroatoms. The maximum absolute atomic E-state index is 11.7. The lowest BCUT2D eigenvalue weighted by Gasteiger charge is -2.04. The molecule has 0 aliphatic heterocycles. The molecule has 0 aliphatic carbocycles. The van der Waals surface area contributed by atoms with Crippen LogP contribution in [0.2, 0.25) is 0 Å². The molecule has 17 heavy (non-hydrogen) atoms. The van der Waals surface area contributed by atoms with Crippen molar-refractivity contribution in [2.75, 3.05) is 11.2 Å². The van der Waals surface area contributed by atoms with E-state index in [0.717, 1.165) is 11.4 Å². The summed E-state index contributed by atoms with van der Waals surface area (Å²) in [5.74, 6) is -0.0496. The Balaban J connectivity index is 2.88. The van der Waals surface area contributed by atoms with Crippen LogP contribution in [-0.4, -0.2) is 19.9 Å². The minimum absolute atomic E-state index is 0.0496. The third-order valence-corrected chi connectivity index (χ3v) is 3.62. The van der Waals surface area contributed by atoms with Crippen molar-refractivity contribution >= 4 is 21.2 Å². The number of benzene rings is 1. The molecular weight excluding hydrogens is 236 g/mol. The Morgan fingerprint density at radius 3 is 2.41 bits per heavy atom. The van der Waals surface area contributed by atoms with E-state index in [0.29, 0.717) is 4.90 Å². The third kappa shape index (κ3) is 4.03. The summed E-state index contributed by atoms with van der Waals surface area (Å²) in [7, 11) is -3.24. The predicted octanol–water partition coefficient (Wildman–Crippen LogP) is 2.45. The van der Waals surface area contributed by atoms with Crippen molar-refractivity contribution in [1.29, 1.82) is 0 Å². The van der Waals surface area contributed by atoms with E-state index in [2.05, 4.69) is 17.1 Å². The zero-order valence-corrected chi connectivity index (χ0v) is 10.8. The quantitative estimate of drug-likeness (QED) is 0.497. The molecule has 0 aromatic heterocycles. The highest BCUT2D eigenvalue weighted by molar-refractivity contribution is 7.91. The lowest BCUT2D eigenvalue weighted by Crippen LogP contribution is -2.04. The fourth-order valence-electron chi connectivity index (χ4n) is 1.16. The molecule has 0 heterocycles. The van der Waals surface area contributed by atoms with Crippen LogP contribution < -0.4 is 5.43 Å². The SMILES string of the molecule is C=CCS(=O)(=O)c1ccc(NN=C(C)C)cc1. The summed E-state index contributed by atoms with van der Waals surface area (Å²) in [6, 6.07) is 6.48. The molecule has 0 amide bonds. The van der Waals surface area contributed by atoms with Crippen LogP contribution in [0.4, 0.5) is 5.69 Å². The van der Waals surface area contributed by atoms with Crippen molar-refractivity contribution in [2.45, 2.75) is 18.7 Å². The van der Waals surface area contributed by atoms with E-state index in [4.69, 9.17) is 0 Å². The second-order valence-corrected chi connectivity index (χ2v) is 5.80. The number of nitrogens with zero attached hydrogens (tertiary/aromatic N) is 1. The molecule has 0 fully saturated rings. The molecule has 0 bridgehead atoms. The molecule has 1 aromatic carbocycles. The number of rotatable bonds is 5. The summed E-state index contributed by atoms with van der Waals surface area (Å²) in [6.45, 7) is 7.17. The Morgan fingerprint density at radius 1 is 1.35 bits per heavy atom. The number of sulfone groups is 1. The van der Waals surface area contributed by atoms with Gasteiger partial charge in [0.25, 0.3) is 0 Å². The van der Waals surface area contributed by atoms with Crippen molar-refractivity contribution in [3.8, 4) is 0 Å². The highest BCUT2D eigenvalue weighted by Gasteiger charge is 2.11. The number of hydrogen-bond acceptors (Lipinski definition) is 4. The lowest BCUT2D eigenvalue weighted by molar-refractivity contribution is 0.599. The molecular formula is C12H16N2O2S. The summed E-state index contributed by atoms with van der Waals surface area (Å²) >= 11 is 0. The molecule has 0 saturated heterocycles. The Kier molecular flexibility index (Phi) is 4.45. The minimum Gasteiger partial charge on any atom is -0.279 e. The van der Waals surface area contributed by atoms with Crippen LogP contribution in [0.3, 0.4) is 0 Å². The van der Waals surface area contributed by atoms with E-state index in [-0.39, 0.29) is 5.75 Å². The standard InChI is InChI=1S/C12H16N2O2S/c1-4-9-17(15,16)12-7-5-11(6-8-12)14-13-10(2)3/h4-8,14H,1,9H2,2-3H3. The Labute approximate surface area is 102 Å². The molecule has 92 valence electrons. The number of nitrogens with one attached hydrogen (secondary N) is 1. The number of hydrazone groups is 1. The first-order valence-corrected chi connectivity index (χ1v) is 6.81. The van der Waals surface area contributed by atoms with Gasteiger partial charge in [0, 0.05) is 5.71 Å². The van der Waals surface area contributed by atoms with E-state index in [9.17, 15) is 8.42 Å². The molecule has 0 unspecified atom stereocenters. The smallest absolute Gasteiger partial charge is 0.181 e. The van der Waals surface area contributed by atoms with E-state index in [1.165, 1.54) is 6.08 Å². The predicted molar refractivity (Wildman–Crippen MR) is 71.1 cm³/mol. The second-order valence-electron chi connectivity index (χ2n) is 3.77. The van der Waals surface area contributed by atoms with Gasteiger partial charge in [0.2, 0.25) is 0 Å². The van der Waals surface area contributed by atoms with Gasteiger partial charge in [-0.3, -0.25) is 5.43 Å². The largest absolute Gasteiger partial charge is 0.279 e. The minimum atomic E-state index is -3.24. The van der Waals surface area contributed by atoms with Crippen LogP contribution in [-0.2, 0) is 9.84 Å². The van der Waals surface area contributed by atoms with Gasteiger partial charge in [0.1, 0.15) is 0 Å². The highest BCUT2D eigenvalue weighted by atomic mass is 32.2. The van der Waals surface area contributed by atoms with Gasteiger partial charge >= 0.3 is 0 Å². The zero-order valence-electron chi connectivity index (χ0n) is 9.97. The van der Waals surface area contributed by atoms with Gasteiger partial charge in [-0.05, 0) is 38.1 Å². The first kappa shape index (κ1) is 13.4. The molecule has 0 saturated carbocycles. The number of hydrogen-bond donors (Lipinski definition) is 1. The average molecular weight is 252 g/mol. The molecule has 1 N–H and O–H groups in total. The van der Waals surface area contributed by atoms with Crippen molar-refractivity contribution in [3.05, 3.63) is 36.9 Å². The fourth-order valence-corrected chi connectivity index (χ4v) is 2.22. The van der Waals surface area contributed by atoms with E-state index >= 15 is 0 Å². The summed E-state index contributed by atoms with van der Waals surface area (Å²) < 4.78 is 23.4. The van der Waals surface area contributed by atoms with Gasteiger partial charge in [-0.25, -0.2) is 8.42 Å². The lowest BCUT2D eigenvalue weighted by atomic mass is 10.3. The molecule has 0 radical (unpaired) electrons. The summed E-state index contributed by atoms with van der Waals surface area (Å²) in [4.78, 5) is 0.292. The van der Waals surface area contributed by atoms with Crippen molar-refractivity contribution in [3.63, 3.8) is 0 Å². The van der Waals surface area contributed by atoms with Crippen LogP contribution >= 0.6 is 0 Å². The molecule has 4 nitrogen and oxygen atoms in total. The van der Waals surface area contributed by atoms with E-state index < -0.39 is 9.84 Å². The Morgan fingerprint density at radius 2 is 1.94 bits per heavy atom. The monoisotopic (exact) mass is 252 g/mol. The fraction of sp³-hybridized carbons (Fsp3) is 0.250. The maximum Gasteiger partial charge on any atom is 0.181 e. The van der Waals surface area contributed by atoms with Crippen LogP contribution in [0.5, 0.6) is 0 Å². The maximum atomic E-state index is 11.7. The van der Waals surface area contributed by atoms with Gasteiger partial charge in [-0.15, -0.1) is 6.58 Å². The van der Waals surface area contributed by atoms with Crippen LogP contribution in [0.1, 0.15) is 13.8 Å². The van der Waals surface area contributed by atoms with Gasteiger partial charge in [0.15, 0.2) is 9.84 Å². The van der Waals surface area contributed by atoms with Crippen LogP contribution in [0.15, 0.2) is 46.9 Å². The average Bonchev–Trinajstić information content (AvgIpc) is 2.27. The van der Waals surface area contributed by atoms with Crippen molar-refractivity contribution < 1.29 is 8.42 Å². The third-order valence-electron chi connectivity index (χ3n) is 1.96. The molecule has 0 aliphatic rings. The molecule has 1 aromatic rings. The Bertz CT molecular complexity index is 512. The summed E-state index contributed by atoms with van der Waals surface area (Å²) in [5.41, 5.74) is 4.48. The second kappa shape index (κ2) is 5.63. The molecule has 0 spiro atoms. The van der Waals surface area contributed by atoms with Crippen LogP contribution in [0, 0.1) is 0 Å². The van der Waals surface area contributed by atoms with Gasteiger partial charge in [-0.1, -0.05) is 6.08 Å². The topological polar surface area (TPSA) is 58.5 Å². The first-order valence-electron chi connectivity index (χ1n) is 5.16. The normalized spacial score (nSPS) is 10.7. The first-order chi connectivity index (χ1) is 7.95. The zero-order chi connectivity index (χ0) is 12.9. The van der Waals surface area contributed by atoms with Gasteiger partial charge in [0.05, 0.1) is 16.3 Å². The van der Waals surface area contributed by atoms with Crippen LogP contribution in [0.25, 0.3) is 0 Å². The summed E-state index contributed by atoms with van der Waals surface area (Å²) in [5, 5.41) is 4.02. The Hall–Kier alpha value is -1.62. The van der Waals surface area contributed by atoms with Crippen molar-refractivity contribution in [1.82, 2.24) is 0 Å². The van der Waals surface area contributed by atoms with Gasteiger partial charge < -0.3 is 0 Å². The molecule has 0 atom stereocenters. The summed E-state index contributed by atoms with van der Waals surface area (Å²) in [6.07, 6.45) is 1.38. The molecule has 1 rings (SSSR count). The number of anilines is 1. The van der Waals surface area contributed by atoms with Crippen molar-refractivity contribution in [2.24, 2.45) is 5.10 Å². The highest BCUT2D eigenvalue weighted by Crippen LogP contribution is 2.15. The van der Waals surface area contributed by atoms with E-state index in [1.54, 1.807) is 24.3 Å². The van der Waals surface area contributed by atoms with E-state index in [1.807, 2.05) is 13.8 Å². The van der Waals surface area contributed by atoms with Gasteiger partial charge in [-0.2, -0.15) is 5.10 Å².